The molecule has 7 heteroatoms. The molecular formula is C12H22N2O4S. The number of carbonyl (C=O) groups is 2. The van der Waals surface area contributed by atoms with E-state index < -0.39 is 15.9 Å². The Labute approximate surface area is 114 Å². The molecule has 0 radical (unpaired) electrons. The van der Waals surface area contributed by atoms with Crippen LogP contribution in [0.1, 0.15) is 26.7 Å². The first-order valence-corrected chi connectivity index (χ1v) is 8.51. The van der Waals surface area contributed by atoms with Crippen molar-refractivity contribution in [3.8, 4) is 0 Å². The van der Waals surface area contributed by atoms with Crippen LogP contribution in [0.5, 0.6) is 0 Å². The zero-order valence-electron chi connectivity index (χ0n) is 11.7. The summed E-state index contributed by atoms with van der Waals surface area (Å²) in [5.74, 6) is 0.0596. The second kappa shape index (κ2) is 6.36. The fraction of sp³-hybridized carbons (Fsp3) is 0.833. The summed E-state index contributed by atoms with van der Waals surface area (Å²) in [6.07, 6.45) is 2.14. The molecule has 0 aromatic carbocycles. The first-order chi connectivity index (χ1) is 8.69. The molecule has 1 aliphatic heterocycles. The van der Waals surface area contributed by atoms with Gasteiger partial charge in [-0.3, -0.25) is 9.59 Å². The molecule has 6 nitrogen and oxygen atoms in total. The lowest BCUT2D eigenvalue weighted by atomic mass is 10.0. The Kier molecular flexibility index (Phi) is 5.34. The Hall–Kier alpha value is -1.11. The van der Waals surface area contributed by atoms with Crippen molar-refractivity contribution in [1.82, 2.24) is 10.2 Å². The molecule has 19 heavy (non-hydrogen) atoms. The number of carbonyl (C=O) groups excluding carboxylic acids is 2. The number of nitrogens with one attached hydrogen (secondary N) is 1. The fourth-order valence-electron chi connectivity index (χ4n) is 2.11. The summed E-state index contributed by atoms with van der Waals surface area (Å²) >= 11 is 0. The van der Waals surface area contributed by atoms with Crippen LogP contribution in [-0.2, 0) is 19.4 Å². The highest BCUT2D eigenvalue weighted by atomic mass is 32.2. The van der Waals surface area contributed by atoms with E-state index in [0.717, 1.165) is 0 Å². The Morgan fingerprint density at radius 3 is 2.53 bits per heavy atom. The van der Waals surface area contributed by atoms with Crippen LogP contribution in [-0.4, -0.2) is 56.3 Å². The lowest BCUT2D eigenvalue weighted by molar-refractivity contribution is -0.144. The molecule has 1 fully saturated rings. The third-order valence-electron chi connectivity index (χ3n) is 2.93. The summed E-state index contributed by atoms with van der Waals surface area (Å²) in [5, 5.41) is 2.69. The Morgan fingerprint density at radius 1 is 1.37 bits per heavy atom. The summed E-state index contributed by atoms with van der Waals surface area (Å²) in [5.41, 5.74) is 0. The van der Waals surface area contributed by atoms with Crippen LogP contribution in [0.4, 0.5) is 0 Å². The summed E-state index contributed by atoms with van der Waals surface area (Å²) in [4.78, 5) is 25.1. The molecule has 0 aliphatic carbocycles. The van der Waals surface area contributed by atoms with Gasteiger partial charge in [-0.1, -0.05) is 13.8 Å². The first kappa shape index (κ1) is 15.9. The number of hydrogen-bond acceptors (Lipinski definition) is 4. The smallest absolute Gasteiger partial charge is 0.245 e. The Bertz CT molecular complexity index is 445. The molecule has 1 atom stereocenters. The third-order valence-corrected chi connectivity index (χ3v) is 3.96. The summed E-state index contributed by atoms with van der Waals surface area (Å²) in [6.45, 7) is 4.31. The van der Waals surface area contributed by atoms with Crippen LogP contribution in [0.3, 0.4) is 0 Å². The monoisotopic (exact) mass is 290 g/mol. The number of nitrogens with zero attached hydrogens (tertiary/aromatic N) is 1. The summed E-state index contributed by atoms with van der Waals surface area (Å²) in [6, 6.07) is -0.473. The fourth-order valence-corrected chi connectivity index (χ4v) is 2.76. The molecule has 0 bridgehead atoms. The first-order valence-electron chi connectivity index (χ1n) is 6.45. The molecule has 1 N–H and O–H groups in total. The Balaban J connectivity index is 2.57. The normalized spacial score (nSPS) is 20.8. The molecule has 1 heterocycles. The number of sulfone groups is 1. The van der Waals surface area contributed by atoms with Gasteiger partial charge in [0, 0.05) is 12.8 Å². The minimum absolute atomic E-state index is 0.0250. The molecular weight excluding hydrogens is 268 g/mol. The van der Waals surface area contributed by atoms with E-state index in [1.165, 1.54) is 11.2 Å². The molecule has 1 rings (SSSR count). The van der Waals surface area contributed by atoms with Crippen LogP contribution < -0.4 is 5.32 Å². The van der Waals surface area contributed by atoms with Gasteiger partial charge in [-0.2, -0.15) is 0 Å². The maximum absolute atomic E-state index is 12.1. The zero-order valence-corrected chi connectivity index (χ0v) is 12.5. The number of rotatable bonds is 6. The molecule has 1 saturated heterocycles. The maximum Gasteiger partial charge on any atom is 0.245 e. The zero-order chi connectivity index (χ0) is 14.6. The van der Waals surface area contributed by atoms with Crippen LogP contribution in [0.2, 0.25) is 0 Å². The largest absolute Gasteiger partial charge is 0.343 e. The van der Waals surface area contributed by atoms with Gasteiger partial charge in [0.25, 0.3) is 0 Å². The molecule has 2 amide bonds. The quantitative estimate of drug-likeness (QED) is 0.734. The molecule has 110 valence electrons. The number of hydrogen-bond donors (Lipinski definition) is 1. The van der Waals surface area contributed by atoms with Crippen molar-refractivity contribution >= 4 is 21.7 Å². The van der Waals surface area contributed by atoms with E-state index in [0.29, 0.717) is 25.3 Å². The average Bonchev–Trinajstić information content (AvgIpc) is 2.22. The van der Waals surface area contributed by atoms with Crippen LogP contribution >= 0.6 is 0 Å². The van der Waals surface area contributed by atoms with Crippen molar-refractivity contribution in [3.05, 3.63) is 0 Å². The van der Waals surface area contributed by atoms with Gasteiger partial charge in [-0.05, 0) is 18.8 Å². The standard InChI is InChI=1S/C12H22N2O4S/c1-9(2)7-10-12(16)14(8-11(15)13-10)5-4-6-19(3,17)18/h9-10H,4-8H2,1-3H3,(H,13,15). The lowest BCUT2D eigenvalue weighted by Gasteiger charge is -2.33. The van der Waals surface area contributed by atoms with E-state index >= 15 is 0 Å². The molecule has 0 aromatic rings. The molecule has 1 unspecified atom stereocenters. The summed E-state index contributed by atoms with van der Waals surface area (Å²) < 4.78 is 22.1. The van der Waals surface area contributed by atoms with E-state index in [9.17, 15) is 18.0 Å². The van der Waals surface area contributed by atoms with Crippen LogP contribution in [0.25, 0.3) is 0 Å². The Morgan fingerprint density at radius 2 is 2.00 bits per heavy atom. The van der Waals surface area contributed by atoms with Gasteiger partial charge in [0.1, 0.15) is 15.9 Å². The highest BCUT2D eigenvalue weighted by molar-refractivity contribution is 7.90. The second-order valence-corrected chi connectivity index (χ2v) is 7.75. The van der Waals surface area contributed by atoms with Gasteiger partial charge in [0.2, 0.25) is 11.8 Å². The number of piperazine rings is 1. The lowest BCUT2D eigenvalue weighted by Crippen LogP contribution is -2.58. The van der Waals surface area contributed by atoms with Gasteiger partial charge in [-0.15, -0.1) is 0 Å². The maximum atomic E-state index is 12.1. The predicted octanol–water partition coefficient (Wildman–Crippen LogP) is -0.206. The van der Waals surface area contributed by atoms with E-state index in [4.69, 9.17) is 0 Å². The van der Waals surface area contributed by atoms with Gasteiger partial charge < -0.3 is 10.2 Å². The van der Waals surface area contributed by atoms with Crippen molar-refractivity contribution in [2.45, 2.75) is 32.7 Å². The van der Waals surface area contributed by atoms with Crippen molar-refractivity contribution in [3.63, 3.8) is 0 Å². The van der Waals surface area contributed by atoms with Crippen LogP contribution in [0, 0.1) is 5.92 Å². The highest BCUT2D eigenvalue weighted by Crippen LogP contribution is 2.12. The van der Waals surface area contributed by atoms with E-state index in [-0.39, 0.29) is 24.1 Å². The van der Waals surface area contributed by atoms with Gasteiger partial charge >= 0.3 is 0 Å². The van der Waals surface area contributed by atoms with Crippen molar-refractivity contribution in [2.24, 2.45) is 5.92 Å². The van der Waals surface area contributed by atoms with Gasteiger partial charge in [0.05, 0.1) is 12.3 Å². The second-order valence-electron chi connectivity index (χ2n) is 5.49. The van der Waals surface area contributed by atoms with Crippen LogP contribution in [0.15, 0.2) is 0 Å². The SMILES string of the molecule is CC(C)CC1NC(=O)CN(CCCS(C)(=O)=O)C1=O. The predicted molar refractivity (Wildman–Crippen MR) is 72.3 cm³/mol. The molecule has 0 aromatic heterocycles. The van der Waals surface area contributed by atoms with E-state index in [1.54, 1.807) is 0 Å². The van der Waals surface area contributed by atoms with E-state index in [2.05, 4.69) is 5.32 Å². The minimum atomic E-state index is -3.03. The topological polar surface area (TPSA) is 83.6 Å². The third kappa shape index (κ3) is 5.59. The highest BCUT2D eigenvalue weighted by Gasteiger charge is 2.32. The average molecular weight is 290 g/mol. The van der Waals surface area contributed by atoms with E-state index in [1.807, 2.05) is 13.8 Å². The van der Waals surface area contributed by atoms with Gasteiger partial charge in [-0.25, -0.2) is 8.42 Å². The molecule has 0 spiro atoms. The summed E-state index contributed by atoms with van der Waals surface area (Å²) in [7, 11) is -3.03. The van der Waals surface area contributed by atoms with Crippen molar-refractivity contribution in [1.29, 1.82) is 0 Å². The van der Waals surface area contributed by atoms with Gasteiger partial charge in [0.15, 0.2) is 0 Å². The minimum Gasteiger partial charge on any atom is -0.343 e. The number of amides is 2. The van der Waals surface area contributed by atoms with Crippen molar-refractivity contribution in [2.75, 3.05) is 25.1 Å². The van der Waals surface area contributed by atoms with Crippen molar-refractivity contribution < 1.29 is 18.0 Å². The molecule has 1 aliphatic rings. The molecule has 0 saturated carbocycles.